The van der Waals surface area contributed by atoms with E-state index in [2.05, 4.69) is 36.1 Å². The molecule has 2 aromatic rings. The van der Waals surface area contributed by atoms with Crippen molar-refractivity contribution in [3.05, 3.63) is 59.7 Å². The largest absolute Gasteiger partial charge is 0.507 e. The Morgan fingerprint density at radius 3 is 2.58 bits per heavy atom. The van der Waals surface area contributed by atoms with Gasteiger partial charge in [-0.15, -0.1) is 0 Å². The molecule has 0 bridgehead atoms. The van der Waals surface area contributed by atoms with Crippen LogP contribution in [0, 0.1) is 0 Å². The normalized spacial score (nSPS) is 17.9. The summed E-state index contributed by atoms with van der Waals surface area (Å²) in [6, 6.07) is 15.8. The van der Waals surface area contributed by atoms with Crippen LogP contribution in [0.15, 0.2) is 53.5 Å². The Hall–Kier alpha value is -2.37. The van der Waals surface area contributed by atoms with Crippen LogP contribution in [0.3, 0.4) is 0 Å². The lowest BCUT2D eigenvalue weighted by Crippen LogP contribution is -2.42. The van der Waals surface area contributed by atoms with Crippen molar-refractivity contribution in [2.75, 3.05) is 33.4 Å². The third kappa shape index (κ3) is 4.42. The highest BCUT2D eigenvalue weighted by Crippen LogP contribution is 2.28. The van der Waals surface area contributed by atoms with Gasteiger partial charge in [0.25, 0.3) is 0 Å². The van der Waals surface area contributed by atoms with E-state index in [1.54, 1.807) is 31.5 Å². The summed E-state index contributed by atoms with van der Waals surface area (Å²) in [5.74, 6) is 0.897. The molecule has 0 unspecified atom stereocenters. The van der Waals surface area contributed by atoms with Crippen molar-refractivity contribution < 1.29 is 14.6 Å². The highest BCUT2D eigenvalue weighted by Gasteiger charge is 2.27. The van der Waals surface area contributed by atoms with Crippen molar-refractivity contribution >= 4 is 6.21 Å². The number of aromatic hydroxyl groups is 1. The molecule has 5 heteroatoms. The summed E-state index contributed by atoms with van der Waals surface area (Å²) in [5.41, 5.74) is 1.90. The van der Waals surface area contributed by atoms with Crippen LogP contribution < -0.4 is 4.74 Å². The molecule has 1 heterocycles. The molecule has 138 valence electrons. The van der Waals surface area contributed by atoms with Crippen molar-refractivity contribution in [3.63, 3.8) is 0 Å². The maximum absolute atomic E-state index is 10.1. The second-order valence-electron chi connectivity index (χ2n) is 6.45. The minimum atomic E-state index is 0.0288. The molecule has 1 aliphatic rings. The van der Waals surface area contributed by atoms with Gasteiger partial charge in [0, 0.05) is 24.9 Å². The molecule has 1 aliphatic heterocycles. The summed E-state index contributed by atoms with van der Waals surface area (Å²) in [6.07, 6.45) is 1.74. The maximum Gasteiger partial charge on any atom is 0.124 e. The molecule has 0 amide bonds. The number of methoxy groups -OCH3 is 1. The zero-order valence-corrected chi connectivity index (χ0v) is 15.3. The minimum Gasteiger partial charge on any atom is -0.507 e. The molecular formula is C21H26N2O3. The van der Waals surface area contributed by atoms with Crippen LogP contribution in [0.25, 0.3) is 0 Å². The lowest BCUT2D eigenvalue weighted by atomic mass is 9.98. The minimum absolute atomic E-state index is 0.0288. The number of phenols is 1. The van der Waals surface area contributed by atoms with Gasteiger partial charge < -0.3 is 14.6 Å². The monoisotopic (exact) mass is 354 g/mol. The fourth-order valence-corrected chi connectivity index (χ4v) is 3.34. The van der Waals surface area contributed by atoms with Crippen molar-refractivity contribution in [1.29, 1.82) is 0 Å². The molecule has 0 spiro atoms. The molecule has 1 saturated heterocycles. The predicted octanol–water partition coefficient (Wildman–Crippen LogP) is 3.28. The Balaban J connectivity index is 1.84. The van der Waals surface area contributed by atoms with Crippen molar-refractivity contribution in [2.24, 2.45) is 4.99 Å². The van der Waals surface area contributed by atoms with Crippen LogP contribution in [-0.2, 0) is 4.74 Å². The van der Waals surface area contributed by atoms with Crippen LogP contribution in [-0.4, -0.2) is 55.7 Å². The van der Waals surface area contributed by atoms with E-state index in [-0.39, 0.29) is 17.8 Å². The van der Waals surface area contributed by atoms with Gasteiger partial charge >= 0.3 is 0 Å². The number of hydrogen-bond acceptors (Lipinski definition) is 5. The quantitative estimate of drug-likeness (QED) is 0.809. The zero-order chi connectivity index (χ0) is 18.4. The first kappa shape index (κ1) is 18.4. The maximum atomic E-state index is 10.1. The Morgan fingerprint density at radius 2 is 1.88 bits per heavy atom. The van der Waals surface area contributed by atoms with E-state index in [0.717, 1.165) is 26.3 Å². The number of benzene rings is 2. The highest BCUT2D eigenvalue weighted by atomic mass is 16.5. The first-order valence-corrected chi connectivity index (χ1v) is 8.96. The van der Waals surface area contributed by atoms with Gasteiger partial charge in [-0.3, -0.25) is 9.89 Å². The summed E-state index contributed by atoms with van der Waals surface area (Å²) in [7, 11) is 1.61. The summed E-state index contributed by atoms with van der Waals surface area (Å²) in [4.78, 5) is 7.18. The van der Waals surface area contributed by atoms with Crippen molar-refractivity contribution in [3.8, 4) is 11.5 Å². The Morgan fingerprint density at radius 1 is 1.15 bits per heavy atom. The van der Waals surface area contributed by atoms with Gasteiger partial charge in [-0.1, -0.05) is 30.3 Å². The van der Waals surface area contributed by atoms with E-state index in [1.807, 2.05) is 6.07 Å². The molecule has 3 rings (SSSR count). The molecule has 2 atom stereocenters. The van der Waals surface area contributed by atoms with Crippen LogP contribution >= 0.6 is 0 Å². The van der Waals surface area contributed by atoms with Gasteiger partial charge in [-0.05, 0) is 30.7 Å². The number of rotatable bonds is 6. The fourth-order valence-electron chi connectivity index (χ4n) is 3.34. The summed E-state index contributed by atoms with van der Waals surface area (Å²) < 4.78 is 10.7. The van der Waals surface area contributed by atoms with E-state index in [0.29, 0.717) is 11.3 Å². The molecule has 0 aliphatic carbocycles. The number of nitrogens with zero attached hydrogens (tertiary/aromatic N) is 2. The number of aliphatic imine (C=N–C) groups is 1. The molecule has 0 saturated carbocycles. The van der Waals surface area contributed by atoms with Crippen molar-refractivity contribution in [1.82, 2.24) is 4.90 Å². The molecule has 2 aromatic carbocycles. The SMILES string of the molecule is COc1ccc(O)c(C=N[C@@H](C)[C@H](c2ccccc2)N2CCOCC2)c1. The van der Waals surface area contributed by atoms with Gasteiger partial charge in [0.2, 0.25) is 0 Å². The summed E-state index contributed by atoms with van der Waals surface area (Å²) in [6.45, 7) is 5.39. The number of phenolic OH excluding ortho intramolecular Hbond substituents is 1. The fraction of sp³-hybridized carbons (Fsp3) is 0.381. The molecule has 26 heavy (non-hydrogen) atoms. The first-order valence-electron chi connectivity index (χ1n) is 8.96. The summed E-state index contributed by atoms with van der Waals surface area (Å²) >= 11 is 0. The molecule has 0 aromatic heterocycles. The van der Waals surface area contributed by atoms with E-state index in [1.165, 1.54) is 5.56 Å². The average molecular weight is 354 g/mol. The van der Waals surface area contributed by atoms with E-state index < -0.39 is 0 Å². The lowest BCUT2D eigenvalue weighted by molar-refractivity contribution is 0.0119. The van der Waals surface area contributed by atoms with Gasteiger partial charge in [-0.2, -0.15) is 0 Å². The Labute approximate surface area is 154 Å². The second kappa shape index (κ2) is 8.83. The van der Waals surface area contributed by atoms with Crippen LogP contribution in [0.5, 0.6) is 11.5 Å². The molecule has 0 radical (unpaired) electrons. The molecule has 5 nitrogen and oxygen atoms in total. The summed E-state index contributed by atoms with van der Waals surface area (Å²) in [5, 5.41) is 10.1. The molecular weight excluding hydrogens is 328 g/mol. The van der Waals surface area contributed by atoms with Gasteiger partial charge in [0.15, 0.2) is 0 Å². The first-order chi connectivity index (χ1) is 12.7. The lowest BCUT2D eigenvalue weighted by Gasteiger charge is -2.37. The molecule has 1 N–H and O–H groups in total. The van der Waals surface area contributed by atoms with Crippen LogP contribution in [0.1, 0.15) is 24.1 Å². The van der Waals surface area contributed by atoms with E-state index >= 15 is 0 Å². The van der Waals surface area contributed by atoms with E-state index in [4.69, 9.17) is 14.5 Å². The van der Waals surface area contributed by atoms with Gasteiger partial charge in [0.1, 0.15) is 11.5 Å². The van der Waals surface area contributed by atoms with Gasteiger partial charge in [-0.25, -0.2) is 0 Å². The standard InChI is InChI=1S/C21H26N2O3/c1-16(22-15-18-14-19(25-2)8-9-20(18)24)21(17-6-4-3-5-7-17)23-10-12-26-13-11-23/h3-9,14-16,21,24H,10-13H2,1-2H3/t16-,21+/m0/s1. The second-order valence-corrected chi connectivity index (χ2v) is 6.45. The number of morpholine rings is 1. The third-order valence-electron chi connectivity index (χ3n) is 4.72. The highest BCUT2D eigenvalue weighted by molar-refractivity contribution is 5.84. The van der Waals surface area contributed by atoms with Crippen LogP contribution in [0.4, 0.5) is 0 Å². The number of hydrogen-bond donors (Lipinski definition) is 1. The Bertz CT molecular complexity index is 727. The average Bonchev–Trinajstić information content (AvgIpc) is 2.69. The third-order valence-corrected chi connectivity index (χ3v) is 4.72. The van der Waals surface area contributed by atoms with Crippen LogP contribution in [0.2, 0.25) is 0 Å². The number of ether oxygens (including phenoxy) is 2. The zero-order valence-electron chi connectivity index (χ0n) is 15.3. The topological polar surface area (TPSA) is 54.3 Å². The van der Waals surface area contributed by atoms with Gasteiger partial charge in [0.05, 0.1) is 32.4 Å². The smallest absolute Gasteiger partial charge is 0.124 e. The Kier molecular flexibility index (Phi) is 6.26. The predicted molar refractivity (Wildman–Crippen MR) is 103 cm³/mol. The van der Waals surface area contributed by atoms with Crippen molar-refractivity contribution in [2.45, 2.75) is 19.0 Å². The molecule has 1 fully saturated rings. The van der Waals surface area contributed by atoms with E-state index in [9.17, 15) is 5.11 Å².